The molecule has 1 aliphatic rings. The van der Waals surface area contributed by atoms with Gasteiger partial charge in [0.2, 0.25) is 5.71 Å². The van der Waals surface area contributed by atoms with Crippen LogP contribution in [0.1, 0.15) is 61.3 Å². The second-order valence-electron chi connectivity index (χ2n) is 7.87. The third-order valence-electron chi connectivity index (χ3n) is 5.05. The Morgan fingerprint density at radius 3 is 2.52 bits per heavy atom. The van der Waals surface area contributed by atoms with Crippen molar-refractivity contribution in [1.29, 1.82) is 0 Å². The Bertz CT molecular complexity index is 1000. The SMILES string of the molecule is Cc1nc(NC2(C)CC2)c2c(C(=O)Nc3ccc(C(C)C)cc3)coc2n1. The molecule has 0 spiro atoms. The number of benzene rings is 1. The van der Waals surface area contributed by atoms with Crippen molar-refractivity contribution in [3.63, 3.8) is 0 Å². The maximum atomic E-state index is 12.9. The van der Waals surface area contributed by atoms with E-state index in [9.17, 15) is 4.79 Å². The molecule has 1 aliphatic carbocycles. The molecule has 3 aromatic rings. The van der Waals surface area contributed by atoms with Gasteiger partial charge in [-0.05, 0) is 50.3 Å². The number of hydrogen-bond acceptors (Lipinski definition) is 5. The Hall–Kier alpha value is -2.89. The molecule has 0 aliphatic heterocycles. The van der Waals surface area contributed by atoms with E-state index in [1.165, 1.54) is 11.8 Å². The summed E-state index contributed by atoms with van der Waals surface area (Å²) in [6, 6.07) is 7.89. The van der Waals surface area contributed by atoms with Crippen LogP contribution >= 0.6 is 0 Å². The highest BCUT2D eigenvalue weighted by molar-refractivity contribution is 6.14. The Labute approximate surface area is 158 Å². The first-order valence-corrected chi connectivity index (χ1v) is 9.30. The summed E-state index contributed by atoms with van der Waals surface area (Å²) in [6.07, 6.45) is 3.62. The summed E-state index contributed by atoms with van der Waals surface area (Å²) in [4.78, 5) is 21.7. The van der Waals surface area contributed by atoms with Gasteiger partial charge in [0.05, 0.1) is 10.9 Å². The van der Waals surface area contributed by atoms with Crippen LogP contribution in [-0.4, -0.2) is 21.4 Å². The molecule has 140 valence electrons. The van der Waals surface area contributed by atoms with Crippen molar-refractivity contribution in [1.82, 2.24) is 9.97 Å². The van der Waals surface area contributed by atoms with E-state index in [1.54, 1.807) is 0 Å². The largest absolute Gasteiger partial charge is 0.445 e. The third-order valence-corrected chi connectivity index (χ3v) is 5.05. The normalized spacial score (nSPS) is 15.1. The molecule has 1 aromatic carbocycles. The van der Waals surface area contributed by atoms with Crippen LogP contribution in [0.5, 0.6) is 0 Å². The van der Waals surface area contributed by atoms with Crippen LogP contribution in [0.2, 0.25) is 0 Å². The number of aryl methyl sites for hydroxylation is 1. The lowest BCUT2D eigenvalue weighted by Crippen LogP contribution is -2.19. The smallest absolute Gasteiger partial charge is 0.259 e. The van der Waals surface area contributed by atoms with E-state index < -0.39 is 0 Å². The minimum atomic E-state index is -0.234. The lowest BCUT2D eigenvalue weighted by Gasteiger charge is -2.14. The molecule has 0 bridgehead atoms. The van der Waals surface area contributed by atoms with Crippen molar-refractivity contribution in [2.75, 3.05) is 10.6 Å². The summed E-state index contributed by atoms with van der Waals surface area (Å²) in [7, 11) is 0. The Morgan fingerprint density at radius 2 is 1.89 bits per heavy atom. The summed E-state index contributed by atoms with van der Waals surface area (Å²) in [5, 5.41) is 7.02. The molecule has 0 saturated heterocycles. The lowest BCUT2D eigenvalue weighted by molar-refractivity contribution is 0.102. The van der Waals surface area contributed by atoms with Gasteiger partial charge in [-0.1, -0.05) is 26.0 Å². The van der Waals surface area contributed by atoms with E-state index in [1.807, 2.05) is 31.2 Å². The van der Waals surface area contributed by atoms with Crippen LogP contribution in [0.3, 0.4) is 0 Å². The number of amides is 1. The maximum Gasteiger partial charge on any atom is 0.259 e. The van der Waals surface area contributed by atoms with E-state index in [0.29, 0.717) is 34.2 Å². The molecule has 0 atom stereocenters. The van der Waals surface area contributed by atoms with E-state index >= 15 is 0 Å². The lowest BCUT2D eigenvalue weighted by atomic mass is 10.0. The minimum absolute atomic E-state index is 0.0332. The second-order valence-corrected chi connectivity index (χ2v) is 7.87. The summed E-state index contributed by atoms with van der Waals surface area (Å²) in [5.74, 6) is 1.49. The highest BCUT2D eigenvalue weighted by Crippen LogP contribution is 2.40. The molecule has 4 rings (SSSR count). The van der Waals surface area contributed by atoms with Crippen LogP contribution in [0.15, 0.2) is 34.9 Å². The molecule has 2 aromatic heterocycles. The fraction of sp³-hybridized carbons (Fsp3) is 0.381. The number of anilines is 2. The standard InChI is InChI=1S/C21H24N4O2/c1-12(2)14-5-7-15(8-6-14)24-19(26)16-11-27-20-17(16)18(22-13(3)23-20)25-21(4)9-10-21/h5-8,11-12H,9-10H2,1-4H3,(H,24,26)(H,22,23,25). The molecule has 2 heterocycles. The number of aromatic nitrogens is 2. The quantitative estimate of drug-likeness (QED) is 0.675. The number of carbonyl (C=O) groups is 1. The molecule has 0 radical (unpaired) electrons. The van der Waals surface area contributed by atoms with Crippen molar-refractivity contribution in [2.24, 2.45) is 0 Å². The third kappa shape index (κ3) is 3.52. The number of nitrogens with zero attached hydrogens (tertiary/aromatic N) is 2. The van der Waals surface area contributed by atoms with Crippen molar-refractivity contribution in [2.45, 2.75) is 52.0 Å². The van der Waals surface area contributed by atoms with Crippen LogP contribution in [0.4, 0.5) is 11.5 Å². The zero-order valence-corrected chi connectivity index (χ0v) is 16.1. The number of rotatable bonds is 5. The molecule has 1 amide bonds. The molecule has 6 heteroatoms. The molecule has 2 N–H and O–H groups in total. The first kappa shape index (κ1) is 17.5. The monoisotopic (exact) mass is 364 g/mol. The summed E-state index contributed by atoms with van der Waals surface area (Å²) >= 11 is 0. The average Bonchev–Trinajstić information content (AvgIpc) is 3.17. The van der Waals surface area contributed by atoms with Crippen LogP contribution in [0, 0.1) is 6.92 Å². The second kappa shape index (κ2) is 6.37. The van der Waals surface area contributed by atoms with Gasteiger partial charge in [0.15, 0.2) is 0 Å². The van der Waals surface area contributed by atoms with Gasteiger partial charge in [0, 0.05) is 11.2 Å². The van der Waals surface area contributed by atoms with Gasteiger partial charge < -0.3 is 15.1 Å². The van der Waals surface area contributed by atoms with Crippen LogP contribution in [-0.2, 0) is 0 Å². The first-order chi connectivity index (χ1) is 12.8. The summed E-state index contributed by atoms with van der Waals surface area (Å²) in [5.41, 5.74) is 2.87. The number of nitrogens with one attached hydrogen (secondary N) is 2. The van der Waals surface area contributed by atoms with E-state index in [-0.39, 0.29) is 11.4 Å². The maximum absolute atomic E-state index is 12.9. The van der Waals surface area contributed by atoms with Gasteiger partial charge in [0.25, 0.3) is 5.91 Å². The molecular weight excluding hydrogens is 340 g/mol. The van der Waals surface area contributed by atoms with Crippen molar-refractivity contribution in [3.8, 4) is 0 Å². The predicted molar refractivity (Wildman–Crippen MR) is 106 cm³/mol. The van der Waals surface area contributed by atoms with Crippen LogP contribution < -0.4 is 10.6 Å². The van der Waals surface area contributed by atoms with E-state index in [0.717, 1.165) is 18.5 Å². The van der Waals surface area contributed by atoms with Gasteiger partial charge in [-0.15, -0.1) is 0 Å². The van der Waals surface area contributed by atoms with Gasteiger partial charge in [-0.3, -0.25) is 4.79 Å². The van der Waals surface area contributed by atoms with Crippen molar-refractivity contribution >= 4 is 28.5 Å². The Kier molecular flexibility index (Phi) is 4.13. The molecule has 27 heavy (non-hydrogen) atoms. The molecular formula is C21H24N4O2. The summed E-state index contributed by atoms with van der Waals surface area (Å²) in [6.45, 7) is 8.24. The van der Waals surface area contributed by atoms with Crippen molar-refractivity contribution < 1.29 is 9.21 Å². The average molecular weight is 364 g/mol. The zero-order valence-electron chi connectivity index (χ0n) is 16.1. The topological polar surface area (TPSA) is 80.0 Å². The minimum Gasteiger partial charge on any atom is -0.445 e. The number of furan rings is 1. The highest BCUT2D eigenvalue weighted by atomic mass is 16.3. The Morgan fingerprint density at radius 1 is 1.19 bits per heavy atom. The molecule has 1 saturated carbocycles. The van der Waals surface area contributed by atoms with E-state index in [4.69, 9.17) is 4.42 Å². The Balaban J connectivity index is 1.65. The number of hydrogen-bond donors (Lipinski definition) is 2. The van der Waals surface area contributed by atoms with E-state index in [2.05, 4.69) is 41.4 Å². The van der Waals surface area contributed by atoms with Gasteiger partial charge in [0.1, 0.15) is 17.9 Å². The number of fused-ring (bicyclic) bond motifs is 1. The van der Waals surface area contributed by atoms with Gasteiger partial charge in [-0.2, -0.15) is 4.98 Å². The summed E-state index contributed by atoms with van der Waals surface area (Å²) < 4.78 is 5.56. The highest BCUT2D eigenvalue weighted by Gasteiger charge is 2.38. The predicted octanol–water partition coefficient (Wildman–Crippen LogP) is 4.87. The molecule has 0 unspecified atom stereocenters. The zero-order chi connectivity index (χ0) is 19.2. The van der Waals surface area contributed by atoms with Crippen LogP contribution in [0.25, 0.3) is 11.1 Å². The van der Waals surface area contributed by atoms with Gasteiger partial charge in [-0.25, -0.2) is 4.98 Å². The fourth-order valence-corrected chi connectivity index (χ4v) is 3.05. The first-order valence-electron chi connectivity index (χ1n) is 9.30. The molecule has 6 nitrogen and oxygen atoms in total. The van der Waals surface area contributed by atoms with Crippen molar-refractivity contribution in [3.05, 3.63) is 47.5 Å². The van der Waals surface area contributed by atoms with Gasteiger partial charge >= 0.3 is 0 Å². The number of carbonyl (C=O) groups excluding carboxylic acids is 1. The molecule has 1 fully saturated rings. The fourth-order valence-electron chi connectivity index (χ4n) is 3.05.